The molecule has 1 heterocycles. The quantitative estimate of drug-likeness (QED) is 0.428. The molecule has 1 nitrogen and oxygen atoms in total. The molecule has 0 bridgehead atoms. The van der Waals surface area contributed by atoms with Crippen molar-refractivity contribution in [3.05, 3.63) is 73.3 Å². The van der Waals surface area contributed by atoms with Crippen LogP contribution < -0.4 is 0 Å². The van der Waals surface area contributed by atoms with E-state index in [1.807, 2.05) is 71.0 Å². The minimum atomic E-state index is 0.928. The van der Waals surface area contributed by atoms with Crippen LogP contribution in [0.2, 0.25) is 0 Å². The third-order valence-electron chi connectivity index (χ3n) is 2.48. The summed E-state index contributed by atoms with van der Waals surface area (Å²) in [5.74, 6) is 0.928. The first-order valence-electron chi connectivity index (χ1n) is 7.96. The van der Waals surface area contributed by atoms with E-state index in [0.29, 0.717) is 0 Å². The molecule has 0 amide bonds. The number of fused-ring (bicyclic) bond motifs is 1. The number of allylic oxidation sites excluding steroid dienone is 1. The van der Waals surface area contributed by atoms with Crippen LogP contribution in [0.1, 0.15) is 34.6 Å². The lowest BCUT2D eigenvalue weighted by molar-refractivity contribution is 0.631. The first-order chi connectivity index (χ1) is 10.8. The number of rotatable bonds is 1. The van der Waals surface area contributed by atoms with Crippen LogP contribution in [0.15, 0.2) is 77.7 Å². The zero-order chi connectivity index (χ0) is 16.8. The first kappa shape index (κ1) is 19.7. The minimum absolute atomic E-state index is 0.928. The van der Waals surface area contributed by atoms with Crippen molar-refractivity contribution in [1.82, 2.24) is 0 Å². The van der Waals surface area contributed by atoms with Crippen LogP contribution in [0.4, 0.5) is 0 Å². The summed E-state index contributed by atoms with van der Waals surface area (Å²) in [4.78, 5) is 0. The van der Waals surface area contributed by atoms with E-state index >= 15 is 0 Å². The van der Waals surface area contributed by atoms with Gasteiger partial charge in [0.1, 0.15) is 11.3 Å². The van der Waals surface area contributed by atoms with Gasteiger partial charge in [-0.3, -0.25) is 0 Å². The molecule has 0 radical (unpaired) electrons. The molecule has 0 aliphatic heterocycles. The molecule has 0 fully saturated rings. The highest BCUT2D eigenvalue weighted by molar-refractivity contribution is 5.82. The molecule has 0 saturated carbocycles. The van der Waals surface area contributed by atoms with Gasteiger partial charge >= 0.3 is 0 Å². The number of benzene rings is 2. The molecule has 118 valence electrons. The van der Waals surface area contributed by atoms with Gasteiger partial charge in [-0.1, -0.05) is 82.3 Å². The van der Waals surface area contributed by atoms with Gasteiger partial charge in [0.25, 0.3) is 0 Å². The lowest BCUT2D eigenvalue weighted by atomic mass is 10.1. The van der Waals surface area contributed by atoms with Gasteiger partial charge in [-0.25, -0.2) is 0 Å². The van der Waals surface area contributed by atoms with Crippen molar-refractivity contribution in [3.8, 4) is 11.3 Å². The van der Waals surface area contributed by atoms with Gasteiger partial charge in [0.2, 0.25) is 0 Å². The smallest absolute Gasteiger partial charge is 0.135 e. The summed E-state index contributed by atoms with van der Waals surface area (Å²) in [7, 11) is 0. The molecule has 0 atom stereocenters. The fourth-order valence-corrected chi connectivity index (χ4v) is 1.73. The summed E-state index contributed by atoms with van der Waals surface area (Å²) in [6.45, 7) is 13.2. The zero-order valence-electron chi connectivity index (χ0n) is 14.5. The summed E-state index contributed by atoms with van der Waals surface area (Å²) < 4.78 is 5.75. The molecular weight excluding hydrogens is 268 g/mol. The highest BCUT2D eigenvalue weighted by Gasteiger charge is 2.03. The van der Waals surface area contributed by atoms with Crippen molar-refractivity contribution in [3.63, 3.8) is 0 Å². The Morgan fingerprint density at radius 2 is 1.32 bits per heavy atom. The number of furan rings is 1. The maximum atomic E-state index is 5.75. The van der Waals surface area contributed by atoms with E-state index in [4.69, 9.17) is 4.42 Å². The molecule has 1 heteroatoms. The fourth-order valence-electron chi connectivity index (χ4n) is 1.73. The summed E-state index contributed by atoms with van der Waals surface area (Å²) in [5, 5.41) is 1.15. The summed E-state index contributed by atoms with van der Waals surface area (Å²) in [6.07, 6.45) is 1.75. The van der Waals surface area contributed by atoms with Crippen molar-refractivity contribution in [2.75, 3.05) is 0 Å². The van der Waals surface area contributed by atoms with E-state index in [0.717, 1.165) is 22.3 Å². The van der Waals surface area contributed by atoms with Crippen LogP contribution in [0.5, 0.6) is 0 Å². The molecular formula is C21H28O. The normalized spacial score (nSPS) is 8.41. The Kier molecular flexibility index (Phi) is 11.2. The highest BCUT2D eigenvalue weighted by Crippen LogP contribution is 2.27. The van der Waals surface area contributed by atoms with Crippen molar-refractivity contribution >= 4 is 11.0 Å². The molecule has 3 rings (SSSR count). The molecule has 0 spiro atoms. The SMILES string of the molecule is C=CC.CC.CC.c1ccc(-c2cc3ccccc3o2)cc1. The lowest BCUT2D eigenvalue weighted by Crippen LogP contribution is -1.69. The van der Waals surface area contributed by atoms with Crippen molar-refractivity contribution in [2.45, 2.75) is 34.6 Å². The topological polar surface area (TPSA) is 13.1 Å². The van der Waals surface area contributed by atoms with E-state index in [9.17, 15) is 0 Å². The van der Waals surface area contributed by atoms with E-state index in [1.54, 1.807) is 6.08 Å². The van der Waals surface area contributed by atoms with Crippen molar-refractivity contribution in [1.29, 1.82) is 0 Å². The van der Waals surface area contributed by atoms with E-state index < -0.39 is 0 Å². The predicted molar refractivity (Wildman–Crippen MR) is 100 cm³/mol. The average Bonchev–Trinajstić information content (AvgIpc) is 3.04. The van der Waals surface area contributed by atoms with Gasteiger partial charge < -0.3 is 4.42 Å². The maximum absolute atomic E-state index is 5.75. The molecule has 0 aliphatic rings. The second-order valence-electron chi connectivity index (χ2n) is 3.92. The van der Waals surface area contributed by atoms with Crippen LogP contribution in [0.25, 0.3) is 22.3 Å². The molecule has 3 aromatic rings. The largest absolute Gasteiger partial charge is 0.456 e. The zero-order valence-corrected chi connectivity index (χ0v) is 14.5. The Bertz CT molecular complexity index is 587. The van der Waals surface area contributed by atoms with Crippen LogP contribution in [0, 0.1) is 0 Å². The second-order valence-corrected chi connectivity index (χ2v) is 3.92. The second kappa shape index (κ2) is 12.5. The first-order valence-corrected chi connectivity index (χ1v) is 7.96. The van der Waals surface area contributed by atoms with Crippen LogP contribution in [0.3, 0.4) is 0 Å². The van der Waals surface area contributed by atoms with Crippen LogP contribution in [-0.2, 0) is 0 Å². The Labute approximate surface area is 135 Å². The Morgan fingerprint density at radius 1 is 0.818 bits per heavy atom. The third-order valence-corrected chi connectivity index (χ3v) is 2.48. The third kappa shape index (κ3) is 6.01. The number of hydrogen-bond donors (Lipinski definition) is 0. The van der Waals surface area contributed by atoms with Crippen molar-refractivity contribution < 1.29 is 4.42 Å². The van der Waals surface area contributed by atoms with Crippen molar-refractivity contribution in [2.24, 2.45) is 0 Å². The molecule has 2 aromatic carbocycles. The number of para-hydroxylation sites is 1. The highest BCUT2D eigenvalue weighted by atomic mass is 16.3. The molecule has 22 heavy (non-hydrogen) atoms. The summed E-state index contributed by atoms with van der Waals surface area (Å²) >= 11 is 0. The lowest BCUT2D eigenvalue weighted by Gasteiger charge is -1.93. The predicted octanol–water partition coefficient (Wildman–Crippen LogP) is 7.34. The maximum Gasteiger partial charge on any atom is 0.135 e. The Hall–Kier alpha value is -2.28. The van der Waals surface area contributed by atoms with Gasteiger partial charge in [0.15, 0.2) is 0 Å². The Balaban J connectivity index is 0.000000553. The molecule has 0 unspecified atom stereocenters. The fraction of sp³-hybridized carbons (Fsp3) is 0.238. The summed E-state index contributed by atoms with van der Waals surface area (Å²) in [6, 6.07) is 20.3. The van der Waals surface area contributed by atoms with E-state index in [-0.39, 0.29) is 0 Å². The average molecular weight is 296 g/mol. The van der Waals surface area contributed by atoms with E-state index in [2.05, 4.69) is 30.8 Å². The van der Waals surface area contributed by atoms with Gasteiger partial charge in [-0.15, -0.1) is 6.58 Å². The van der Waals surface area contributed by atoms with Gasteiger partial charge in [-0.05, 0) is 19.1 Å². The van der Waals surface area contributed by atoms with Gasteiger partial charge in [0.05, 0.1) is 0 Å². The summed E-state index contributed by atoms with van der Waals surface area (Å²) in [5.41, 5.74) is 2.06. The number of hydrogen-bond acceptors (Lipinski definition) is 1. The molecule has 0 aliphatic carbocycles. The molecule has 0 saturated heterocycles. The van der Waals surface area contributed by atoms with Crippen LogP contribution in [-0.4, -0.2) is 0 Å². The molecule has 0 N–H and O–H groups in total. The van der Waals surface area contributed by atoms with Gasteiger partial charge in [-0.2, -0.15) is 0 Å². The van der Waals surface area contributed by atoms with E-state index in [1.165, 1.54) is 0 Å². The van der Waals surface area contributed by atoms with Crippen LogP contribution >= 0.6 is 0 Å². The van der Waals surface area contributed by atoms with Gasteiger partial charge in [0, 0.05) is 10.9 Å². The monoisotopic (exact) mass is 296 g/mol. The standard InChI is InChI=1S/C14H10O.C3H6.2C2H6/c1-2-6-11(7-3-1)14-10-12-8-4-5-9-13(12)15-14;1-3-2;2*1-2/h1-10H;3H,1H2,2H3;2*1-2H3. The molecule has 1 aromatic heterocycles. The Morgan fingerprint density at radius 3 is 1.86 bits per heavy atom. The minimum Gasteiger partial charge on any atom is -0.456 e.